The molecule has 24 heavy (non-hydrogen) atoms. The molecular weight excluding hydrogens is 304 g/mol. The lowest BCUT2D eigenvalue weighted by atomic mass is 9.92. The first-order valence-electron chi connectivity index (χ1n) is 7.75. The van der Waals surface area contributed by atoms with Crippen LogP contribution in [0.25, 0.3) is 0 Å². The molecular formula is C19H22N2O3. The van der Waals surface area contributed by atoms with Gasteiger partial charge in [-0.3, -0.25) is 9.59 Å². The summed E-state index contributed by atoms with van der Waals surface area (Å²) < 4.78 is 4.62. The fourth-order valence-corrected chi connectivity index (χ4v) is 2.28. The number of amides is 1. The second kappa shape index (κ2) is 7.75. The minimum atomic E-state index is -1.12. The largest absolute Gasteiger partial charge is 0.469 e. The van der Waals surface area contributed by atoms with Crippen molar-refractivity contribution in [2.24, 2.45) is 5.73 Å². The molecule has 0 aliphatic carbocycles. The molecule has 0 aromatic heterocycles. The summed E-state index contributed by atoms with van der Waals surface area (Å²) in [5, 5.41) is 2.83. The van der Waals surface area contributed by atoms with Crippen LogP contribution in [0.15, 0.2) is 54.6 Å². The lowest BCUT2D eigenvalue weighted by molar-refractivity contribution is -0.140. The van der Waals surface area contributed by atoms with Crippen molar-refractivity contribution in [2.45, 2.75) is 25.3 Å². The standard InChI is InChI=1S/C19H22N2O3/c1-19(20,15-6-4-3-5-7-15)18(23)21-16-11-8-14(9-12-16)10-13-17(22)24-2/h3-9,11-12H,10,13,20H2,1-2H3,(H,21,23). The molecule has 2 aromatic rings. The van der Waals surface area contributed by atoms with E-state index in [2.05, 4.69) is 10.1 Å². The van der Waals surface area contributed by atoms with E-state index >= 15 is 0 Å². The predicted octanol–water partition coefficient (Wildman–Crippen LogP) is 2.60. The first kappa shape index (κ1) is 17.7. The Morgan fingerprint density at radius 3 is 2.29 bits per heavy atom. The van der Waals surface area contributed by atoms with Crippen LogP contribution in [0.2, 0.25) is 0 Å². The maximum atomic E-state index is 12.5. The Morgan fingerprint density at radius 1 is 1.08 bits per heavy atom. The molecule has 0 aliphatic heterocycles. The quantitative estimate of drug-likeness (QED) is 0.800. The van der Waals surface area contributed by atoms with Crippen LogP contribution < -0.4 is 11.1 Å². The number of esters is 1. The summed E-state index contributed by atoms with van der Waals surface area (Å²) in [6.07, 6.45) is 0.927. The van der Waals surface area contributed by atoms with E-state index in [-0.39, 0.29) is 11.9 Å². The van der Waals surface area contributed by atoms with Crippen molar-refractivity contribution >= 4 is 17.6 Å². The molecule has 1 unspecified atom stereocenters. The van der Waals surface area contributed by atoms with Crippen LogP contribution >= 0.6 is 0 Å². The molecule has 0 saturated carbocycles. The second-order valence-electron chi connectivity index (χ2n) is 5.80. The Hall–Kier alpha value is -2.66. The Bertz CT molecular complexity index is 694. The number of nitrogens with two attached hydrogens (primary N) is 1. The molecule has 3 N–H and O–H groups in total. The summed E-state index contributed by atoms with van der Waals surface area (Å²) in [7, 11) is 1.37. The highest BCUT2D eigenvalue weighted by Crippen LogP contribution is 2.20. The van der Waals surface area contributed by atoms with Crippen molar-refractivity contribution in [2.75, 3.05) is 12.4 Å². The Kier molecular flexibility index (Phi) is 5.71. The summed E-state index contributed by atoms with van der Waals surface area (Å²) in [4.78, 5) is 23.6. The van der Waals surface area contributed by atoms with E-state index in [0.717, 1.165) is 11.1 Å². The highest BCUT2D eigenvalue weighted by Gasteiger charge is 2.30. The van der Waals surface area contributed by atoms with Crippen molar-refractivity contribution in [1.29, 1.82) is 0 Å². The first-order chi connectivity index (χ1) is 11.4. The number of rotatable bonds is 6. The van der Waals surface area contributed by atoms with Crippen LogP contribution in [0, 0.1) is 0 Å². The average molecular weight is 326 g/mol. The van der Waals surface area contributed by atoms with Crippen LogP contribution in [0.3, 0.4) is 0 Å². The second-order valence-corrected chi connectivity index (χ2v) is 5.80. The third-order valence-electron chi connectivity index (χ3n) is 3.90. The Balaban J connectivity index is 2.00. The number of carbonyl (C=O) groups is 2. The highest BCUT2D eigenvalue weighted by atomic mass is 16.5. The lowest BCUT2D eigenvalue weighted by Crippen LogP contribution is -2.45. The van der Waals surface area contributed by atoms with Gasteiger partial charge in [-0.05, 0) is 36.6 Å². The molecule has 0 fully saturated rings. The fraction of sp³-hybridized carbons (Fsp3) is 0.263. The van der Waals surface area contributed by atoms with Gasteiger partial charge < -0.3 is 15.8 Å². The summed E-state index contributed by atoms with van der Waals surface area (Å²) in [5.41, 5.74) is 7.48. The summed E-state index contributed by atoms with van der Waals surface area (Å²) in [6.45, 7) is 1.68. The van der Waals surface area contributed by atoms with Crippen LogP contribution in [0.5, 0.6) is 0 Å². The molecule has 2 aromatic carbocycles. The molecule has 0 heterocycles. The number of methoxy groups -OCH3 is 1. The van der Waals surface area contributed by atoms with Crippen LogP contribution in [0.4, 0.5) is 5.69 Å². The van der Waals surface area contributed by atoms with Crippen molar-refractivity contribution < 1.29 is 14.3 Å². The topological polar surface area (TPSA) is 81.4 Å². The van der Waals surface area contributed by atoms with Gasteiger partial charge in [0.05, 0.1) is 7.11 Å². The summed E-state index contributed by atoms with van der Waals surface area (Å²) >= 11 is 0. The number of hydrogen-bond donors (Lipinski definition) is 2. The number of carbonyl (C=O) groups excluding carboxylic acids is 2. The van der Waals surface area contributed by atoms with Gasteiger partial charge in [0.1, 0.15) is 5.54 Å². The number of benzene rings is 2. The zero-order valence-corrected chi connectivity index (χ0v) is 13.9. The van der Waals surface area contributed by atoms with Crippen molar-refractivity contribution in [1.82, 2.24) is 0 Å². The monoisotopic (exact) mass is 326 g/mol. The zero-order chi connectivity index (χ0) is 17.6. The van der Waals surface area contributed by atoms with E-state index in [4.69, 9.17) is 5.73 Å². The van der Waals surface area contributed by atoms with Gasteiger partial charge in [-0.15, -0.1) is 0 Å². The van der Waals surface area contributed by atoms with Crippen molar-refractivity contribution in [3.63, 3.8) is 0 Å². The fourth-order valence-electron chi connectivity index (χ4n) is 2.28. The maximum Gasteiger partial charge on any atom is 0.305 e. The van der Waals surface area contributed by atoms with E-state index in [1.807, 2.05) is 42.5 Å². The molecule has 0 saturated heterocycles. The minimum absolute atomic E-state index is 0.242. The SMILES string of the molecule is COC(=O)CCc1ccc(NC(=O)C(C)(N)c2ccccc2)cc1. The third-order valence-corrected chi connectivity index (χ3v) is 3.90. The molecule has 0 radical (unpaired) electrons. The smallest absolute Gasteiger partial charge is 0.305 e. The average Bonchev–Trinajstić information content (AvgIpc) is 2.61. The van der Waals surface area contributed by atoms with Gasteiger partial charge in [0.25, 0.3) is 0 Å². The molecule has 5 heteroatoms. The molecule has 1 amide bonds. The summed E-state index contributed by atoms with van der Waals surface area (Å²) in [6, 6.07) is 16.6. The van der Waals surface area contributed by atoms with Gasteiger partial charge in [0.2, 0.25) is 5.91 Å². The normalized spacial score (nSPS) is 13.0. The van der Waals surface area contributed by atoms with Gasteiger partial charge in [0, 0.05) is 12.1 Å². The molecule has 126 valence electrons. The number of anilines is 1. The van der Waals surface area contributed by atoms with Crippen molar-refractivity contribution in [3.8, 4) is 0 Å². The summed E-state index contributed by atoms with van der Waals surface area (Å²) in [5.74, 6) is -0.523. The third kappa shape index (κ3) is 4.43. The molecule has 0 spiro atoms. The molecule has 0 aliphatic rings. The van der Waals surface area contributed by atoms with Crippen LogP contribution in [-0.2, 0) is 26.3 Å². The molecule has 0 bridgehead atoms. The van der Waals surface area contributed by atoms with Crippen LogP contribution in [0.1, 0.15) is 24.5 Å². The van der Waals surface area contributed by atoms with E-state index in [1.54, 1.807) is 19.1 Å². The van der Waals surface area contributed by atoms with Crippen molar-refractivity contribution in [3.05, 3.63) is 65.7 Å². The molecule has 2 rings (SSSR count). The van der Waals surface area contributed by atoms with Crippen LogP contribution in [-0.4, -0.2) is 19.0 Å². The first-order valence-corrected chi connectivity index (χ1v) is 7.75. The van der Waals surface area contributed by atoms with E-state index in [0.29, 0.717) is 18.5 Å². The lowest BCUT2D eigenvalue weighted by Gasteiger charge is -2.24. The number of ether oxygens (including phenoxy) is 1. The number of aryl methyl sites for hydroxylation is 1. The highest BCUT2D eigenvalue weighted by molar-refractivity contribution is 5.98. The zero-order valence-electron chi connectivity index (χ0n) is 13.9. The van der Waals surface area contributed by atoms with E-state index in [9.17, 15) is 9.59 Å². The maximum absolute atomic E-state index is 12.5. The van der Waals surface area contributed by atoms with Gasteiger partial charge in [-0.1, -0.05) is 42.5 Å². The number of nitrogens with one attached hydrogen (secondary N) is 1. The molecule has 5 nitrogen and oxygen atoms in total. The number of hydrogen-bond acceptors (Lipinski definition) is 4. The van der Waals surface area contributed by atoms with Gasteiger partial charge >= 0.3 is 5.97 Å². The van der Waals surface area contributed by atoms with Gasteiger partial charge in [0.15, 0.2) is 0 Å². The predicted molar refractivity (Wildman–Crippen MR) is 93.4 cm³/mol. The van der Waals surface area contributed by atoms with E-state index in [1.165, 1.54) is 7.11 Å². The Morgan fingerprint density at radius 2 is 1.71 bits per heavy atom. The Labute approximate surface area is 141 Å². The minimum Gasteiger partial charge on any atom is -0.469 e. The van der Waals surface area contributed by atoms with E-state index < -0.39 is 5.54 Å². The van der Waals surface area contributed by atoms with Gasteiger partial charge in [-0.25, -0.2) is 0 Å². The molecule has 1 atom stereocenters. The van der Waals surface area contributed by atoms with Gasteiger partial charge in [-0.2, -0.15) is 0 Å².